The van der Waals surface area contributed by atoms with Crippen LogP contribution in [0.3, 0.4) is 0 Å². The van der Waals surface area contributed by atoms with Gasteiger partial charge in [-0.3, -0.25) is 14.4 Å². The maximum atomic E-state index is 14.6. The molecule has 0 radical (unpaired) electrons. The van der Waals surface area contributed by atoms with Crippen molar-refractivity contribution >= 4 is 69.6 Å². The smallest absolute Gasteiger partial charge is 0.257 e. The number of hydrogen-bond acceptors (Lipinski definition) is 3. The van der Waals surface area contributed by atoms with Crippen molar-refractivity contribution in [2.24, 2.45) is 5.92 Å². The molecule has 1 aliphatic carbocycles. The predicted octanol–water partition coefficient (Wildman–Crippen LogP) is 5.27. The zero-order valence-corrected chi connectivity index (χ0v) is 18.5. The quantitative estimate of drug-likeness (QED) is 0.499. The van der Waals surface area contributed by atoms with Gasteiger partial charge in [0, 0.05) is 12.6 Å². The van der Waals surface area contributed by atoms with Crippen LogP contribution in [0.5, 0.6) is 0 Å². The molecule has 0 saturated heterocycles. The van der Waals surface area contributed by atoms with Gasteiger partial charge < -0.3 is 16.0 Å². The average Bonchev–Trinajstić information content (AvgIpc) is 3.32. The molecule has 2 aromatic rings. The number of aryl methyl sites for hydroxylation is 1. The minimum Gasteiger partial charge on any atom is -0.326 e. The third-order valence-electron chi connectivity index (χ3n) is 4.55. The van der Waals surface area contributed by atoms with Crippen molar-refractivity contribution in [2.45, 2.75) is 24.6 Å². The number of hydrogen-bond donors (Lipinski definition) is 3. The van der Waals surface area contributed by atoms with Gasteiger partial charge in [-0.15, -0.1) is 23.2 Å². The number of carbonyl (C=O) groups excluding carboxylic acids is 3. The van der Waals surface area contributed by atoms with Gasteiger partial charge in [0.15, 0.2) is 5.82 Å². The molecule has 164 valence electrons. The van der Waals surface area contributed by atoms with Crippen molar-refractivity contribution in [2.75, 3.05) is 16.0 Å². The van der Waals surface area contributed by atoms with Gasteiger partial charge in [0.05, 0.1) is 22.2 Å². The molecule has 2 aromatic carbocycles. The number of carbonyl (C=O) groups is 3. The molecule has 0 aliphatic heterocycles. The number of anilines is 3. The topological polar surface area (TPSA) is 87.3 Å². The summed E-state index contributed by atoms with van der Waals surface area (Å²) in [6.45, 7) is 2.75. The lowest BCUT2D eigenvalue weighted by Gasteiger charge is -2.14. The zero-order valence-electron chi connectivity index (χ0n) is 16.2. The lowest BCUT2D eigenvalue weighted by molar-refractivity contribution is -0.117. The molecule has 11 heteroatoms. The number of halogens is 5. The minimum atomic E-state index is -1.16. The molecule has 31 heavy (non-hydrogen) atoms. The van der Waals surface area contributed by atoms with Crippen LogP contribution in [-0.4, -0.2) is 22.1 Å². The van der Waals surface area contributed by atoms with Crippen LogP contribution in [0.2, 0.25) is 5.02 Å². The highest BCUT2D eigenvalue weighted by Gasteiger charge is 2.56. The van der Waals surface area contributed by atoms with E-state index in [4.69, 9.17) is 34.8 Å². The van der Waals surface area contributed by atoms with Gasteiger partial charge >= 0.3 is 0 Å². The van der Waals surface area contributed by atoms with Gasteiger partial charge in [-0.25, -0.2) is 8.78 Å². The Morgan fingerprint density at radius 2 is 1.74 bits per heavy atom. The van der Waals surface area contributed by atoms with Crippen LogP contribution in [0, 0.1) is 24.5 Å². The highest BCUT2D eigenvalue weighted by molar-refractivity contribution is 6.52. The summed E-state index contributed by atoms with van der Waals surface area (Å²) in [6, 6.07) is 4.72. The summed E-state index contributed by atoms with van der Waals surface area (Å²) in [5.74, 6) is -4.72. The summed E-state index contributed by atoms with van der Waals surface area (Å²) in [5.41, 5.74) is -0.508. The van der Waals surface area contributed by atoms with Crippen LogP contribution in [0.4, 0.5) is 25.8 Å². The first-order valence-corrected chi connectivity index (χ1v) is 10.1. The van der Waals surface area contributed by atoms with Gasteiger partial charge in [-0.2, -0.15) is 0 Å². The van der Waals surface area contributed by atoms with Gasteiger partial charge in [0.2, 0.25) is 11.8 Å². The molecule has 6 nitrogen and oxygen atoms in total. The number of nitrogens with one attached hydrogen (secondary N) is 3. The molecule has 1 unspecified atom stereocenters. The fraction of sp³-hybridized carbons (Fsp3) is 0.250. The van der Waals surface area contributed by atoms with E-state index in [9.17, 15) is 23.2 Å². The number of benzene rings is 2. The standard InChI is InChI=1S/C20H16Cl3F2N3O3/c1-8-5-10(27-19(31)12-7-20(12,22)23)6-11(15(8)21)18(30)28-17-13(24)3-4-14(16(17)25)26-9(2)29/h3-6,12H,7H2,1-2H3,(H,26,29)(H,27,31)(H,28,30). The van der Waals surface area contributed by atoms with E-state index < -0.39 is 45.3 Å². The molecule has 3 N–H and O–H groups in total. The first-order valence-electron chi connectivity index (χ1n) is 8.96. The maximum Gasteiger partial charge on any atom is 0.257 e. The van der Waals surface area contributed by atoms with Crippen molar-refractivity contribution in [3.63, 3.8) is 0 Å². The Kier molecular flexibility index (Phi) is 6.45. The van der Waals surface area contributed by atoms with E-state index in [0.29, 0.717) is 12.0 Å². The lowest BCUT2D eigenvalue weighted by Crippen LogP contribution is -2.19. The molecule has 1 fully saturated rings. The second-order valence-corrected chi connectivity index (χ2v) is 9.00. The van der Waals surface area contributed by atoms with Crippen LogP contribution in [-0.2, 0) is 9.59 Å². The molecule has 1 saturated carbocycles. The second-order valence-electron chi connectivity index (χ2n) is 7.08. The summed E-state index contributed by atoms with van der Waals surface area (Å²) in [4.78, 5) is 36.1. The van der Waals surface area contributed by atoms with Crippen molar-refractivity contribution < 1.29 is 23.2 Å². The maximum absolute atomic E-state index is 14.6. The van der Waals surface area contributed by atoms with Gasteiger partial charge in [0.1, 0.15) is 15.8 Å². The van der Waals surface area contributed by atoms with E-state index in [0.717, 1.165) is 19.1 Å². The van der Waals surface area contributed by atoms with E-state index in [2.05, 4.69) is 16.0 Å². The van der Waals surface area contributed by atoms with Crippen molar-refractivity contribution in [1.82, 2.24) is 0 Å². The van der Waals surface area contributed by atoms with E-state index in [1.807, 2.05) is 0 Å². The molecule has 3 rings (SSSR count). The Morgan fingerprint density at radius 3 is 2.32 bits per heavy atom. The summed E-state index contributed by atoms with van der Waals surface area (Å²) >= 11 is 18.0. The summed E-state index contributed by atoms with van der Waals surface area (Å²) in [5, 5.41) is 6.96. The predicted molar refractivity (Wildman–Crippen MR) is 116 cm³/mol. The van der Waals surface area contributed by atoms with Crippen LogP contribution in [0.1, 0.15) is 29.3 Å². The van der Waals surface area contributed by atoms with E-state index >= 15 is 0 Å². The normalized spacial score (nSPS) is 16.4. The average molecular weight is 491 g/mol. The summed E-state index contributed by atoms with van der Waals surface area (Å²) in [7, 11) is 0. The molecule has 3 amide bonds. The molecule has 1 aliphatic rings. The summed E-state index contributed by atoms with van der Waals surface area (Å²) < 4.78 is 27.6. The van der Waals surface area contributed by atoms with Crippen LogP contribution in [0.15, 0.2) is 24.3 Å². The van der Waals surface area contributed by atoms with E-state index in [1.54, 1.807) is 6.92 Å². The van der Waals surface area contributed by atoms with Gasteiger partial charge in [-0.05, 0) is 43.2 Å². The molecular weight excluding hydrogens is 475 g/mol. The molecule has 0 heterocycles. The third-order valence-corrected chi connectivity index (χ3v) is 5.89. The number of amides is 3. The molecular formula is C20H16Cl3F2N3O3. The first kappa shape index (κ1) is 23.2. The SMILES string of the molecule is CC(=O)Nc1ccc(F)c(NC(=O)c2cc(NC(=O)C3CC3(Cl)Cl)cc(C)c2Cl)c1F. The zero-order chi connectivity index (χ0) is 23.1. The van der Waals surface area contributed by atoms with Crippen LogP contribution in [0.25, 0.3) is 0 Å². The Balaban J connectivity index is 1.87. The summed E-state index contributed by atoms with van der Waals surface area (Å²) in [6.07, 6.45) is 0.297. The Hall–Kier alpha value is -2.42. The van der Waals surface area contributed by atoms with Crippen molar-refractivity contribution in [3.8, 4) is 0 Å². The van der Waals surface area contributed by atoms with Gasteiger partial charge in [0.25, 0.3) is 5.91 Å². The van der Waals surface area contributed by atoms with E-state index in [1.165, 1.54) is 12.1 Å². The molecule has 0 spiro atoms. The van der Waals surface area contributed by atoms with Crippen molar-refractivity contribution in [1.29, 1.82) is 0 Å². The molecule has 1 atom stereocenters. The third kappa shape index (κ3) is 5.08. The largest absolute Gasteiger partial charge is 0.326 e. The number of rotatable bonds is 5. The molecule has 0 bridgehead atoms. The first-order chi connectivity index (χ1) is 14.4. The Morgan fingerprint density at radius 1 is 1.10 bits per heavy atom. The number of alkyl halides is 2. The fourth-order valence-corrected chi connectivity index (χ4v) is 3.57. The Bertz CT molecular complexity index is 1110. The van der Waals surface area contributed by atoms with Gasteiger partial charge in [-0.1, -0.05) is 11.6 Å². The highest BCUT2D eigenvalue weighted by atomic mass is 35.5. The van der Waals surface area contributed by atoms with Crippen LogP contribution >= 0.6 is 34.8 Å². The van der Waals surface area contributed by atoms with Crippen LogP contribution < -0.4 is 16.0 Å². The highest BCUT2D eigenvalue weighted by Crippen LogP contribution is 2.53. The second kappa shape index (κ2) is 8.61. The monoisotopic (exact) mass is 489 g/mol. The minimum absolute atomic E-state index is 0.0322. The molecule has 0 aromatic heterocycles. The fourth-order valence-electron chi connectivity index (χ4n) is 2.87. The van der Waals surface area contributed by atoms with Crippen molar-refractivity contribution in [3.05, 3.63) is 52.0 Å². The lowest BCUT2D eigenvalue weighted by atomic mass is 10.1. The Labute approximate surface area is 191 Å². The van der Waals surface area contributed by atoms with E-state index in [-0.39, 0.29) is 22.0 Å².